The number of rotatable bonds is 9. The van der Waals surface area contributed by atoms with Gasteiger partial charge in [-0.15, -0.1) is 10.2 Å². The highest BCUT2D eigenvalue weighted by molar-refractivity contribution is 4.81. The molecule has 0 radical (unpaired) electrons. The molecule has 0 saturated heterocycles. The maximum Gasteiger partial charge on any atom is 0.242 e. The Labute approximate surface area is 96.6 Å². The van der Waals surface area contributed by atoms with E-state index < -0.39 is 0 Å². The lowest BCUT2D eigenvalue weighted by Gasteiger charge is -1.98. The van der Waals surface area contributed by atoms with E-state index in [0.29, 0.717) is 18.4 Å². The number of aromatic nitrogens is 2. The molecule has 92 valence electrons. The van der Waals surface area contributed by atoms with Crippen molar-refractivity contribution >= 4 is 0 Å². The lowest BCUT2D eigenvalue weighted by molar-refractivity contribution is 0.102. The van der Waals surface area contributed by atoms with E-state index in [1.807, 2.05) is 0 Å². The van der Waals surface area contributed by atoms with Crippen molar-refractivity contribution in [3.8, 4) is 0 Å². The predicted molar refractivity (Wildman–Crippen MR) is 61.1 cm³/mol. The SMILES string of the molecule is CCCNCCc1nnc(COCCC)o1. The van der Waals surface area contributed by atoms with Gasteiger partial charge >= 0.3 is 0 Å². The largest absolute Gasteiger partial charge is 0.423 e. The third kappa shape index (κ3) is 5.23. The summed E-state index contributed by atoms with van der Waals surface area (Å²) in [5, 5.41) is 11.2. The molecule has 0 fully saturated rings. The highest BCUT2D eigenvalue weighted by Gasteiger charge is 2.05. The molecule has 0 bridgehead atoms. The van der Waals surface area contributed by atoms with Gasteiger partial charge in [0.05, 0.1) is 0 Å². The van der Waals surface area contributed by atoms with Crippen molar-refractivity contribution in [2.24, 2.45) is 0 Å². The number of hydrogen-bond acceptors (Lipinski definition) is 5. The Bertz CT molecular complexity index is 276. The molecular formula is C11H21N3O2. The fourth-order valence-corrected chi connectivity index (χ4v) is 1.25. The van der Waals surface area contributed by atoms with Gasteiger partial charge in [0.2, 0.25) is 11.8 Å². The first kappa shape index (κ1) is 13.1. The Balaban J connectivity index is 2.17. The van der Waals surface area contributed by atoms with Gasteiger partial charge in [0.25, 0.3) is 0 Å². The van der Waals surface area contributed by atoms with E-state index >= 15 is 0 Å². The van der Waals surface area contributed by atoms with E-state index in [0.717, 1.165) is 39.0 Å². The highest BCUT2D eigenvalue weighted by Crippen LogP contribution is 2.02. The smallest absolute Gasteiger partial charge is 0.242 e. The third-order valence-electron chi connectivity index (χ3n) is 2.03. The van der Waals surface area contributed by atoms with Gasteiger partial charge in [-0.1, -0.05) is 13.8 Å². The average molecular weight is 227 g/mol. The van der Waals surface area contributed by atoms with E-state index in [9.17, 15) is 0 Å². The van der Waals surface area contributed by atoms with E-state index in [1.54, 1.807) is 0 Å². The van der Waals surface area contributed by atoms with Crippen LogP contribution in [0, 0.1) is 0 Å². The second-order valence-electron chi connectivity index (χ2n) is 3.64. The second kappa shape index (κ2) is 8.24. The highest BCUT2D eigenvalue weighted by atomic mass is 16.5. The standard InChI is InChI=1S/C11H21N3O2/c1-3-6-12-7-5-10-13-14-11(16-10)9-15-8-4-2/h12H,3-9H2,1-2H3. The van der Waals surface area contributed by atoms with E-state index in [1.165, 1.54) is 0 Å². The molecule has 0 atom stereocenters. The quantitative estimate of drug-likeness (QED) is 0.648. The number of nitrogens with zero attached hydrogens (tertiary/aromatic N) is 2. The molecule has 5 heteroatoms. The van der Waals surface area contributed by atoms with Gasteiger partial charge in [-0.05, 0) is 19.4 Å². The van der Waals surface area contributed by atoms with Crippen LogP contribution in [0.25, 0.3) is 0 Å². The number of nitrogens with one attached hydrogen (secondary N) is 1. The normalized spacial score (nSPS) is 10.9. The van der Waals surface area contributed by atoms with Crippen molar-refractivity contribution in [3.05, 3.63) is 11.8 Å². The molecule has 1 heterocycles. The van der Waals surface area contributed by atoms with Gasteiger partial charge in [0, 0.05) is 19.6 Å². The van der Waals surface area contributed by atoms with Crippen LogP contribution in [0.5, 0.6) is 0 Å². The minimum absolute atomic E-state index is 0.420. The van der Waals surface area contributed by atoms with Crippen molar-refractivity contribution in [1.82, 2.24) is 15.5 Å². The summed E-state index contributed by atoms with van der Waals surface area (Å²) in [4.78, 5) is 0. The van der Waals surface area contributed by atoms with Crippen molar-refractivity contribution in [3.63, 3.8) is 0 Å². The fourth-order valence-electron chi connectivity index (χ4n) is 1.25. The fraction of sp³-hybridized carbons (Fsp3) is 0.818. The molecule has 16 heavy (non-hydrogen) atoms. The Morgan fingerprint density at radius 2 is 1.94 bits per heavy atom. The second-order valence-corrected chi connectivity index (χ2v) is 3.64. The Hall–Kier alpha value is -0.940. The lowest BCUT2D eigenvalue weighted by Crippen LogP contribution is -2.17. The minimum atomic E-state index is 0.420. The van der Waals surface area contributed by atoms with Crippen LogP contribution in [-0.4, -0.2) is 29.9 Å². The Morgan fingerprint density at radius 3 is 2.69 bits per heavy atom. The van der Waals surface area contributed by atoms with E-state index in [2.05, 4.69) is 29.4 Å². The first-order chi connectivity index (χ1) is 7.86. The zero-order valence-electron chi connectivity index (χ0n) is 10.2. The monoisotopic (exact) mass is 227 g/mol. The van der Waals surface area contributed by atoms with Gasteiger partial charge in [-0.2, -0.15) is 0 Å². The van der Waals surface area contributed by atoms with Gasteiger partial charge in [-0.3, -0.25) is 0 Å². The molecular weight excluding hydrogens is 206 g/mol. The summed E-state index contributed by atoms with van der Waals surface area (Å²) < 4.78 is 10.7. The van der Waals surface area contributed by atoms with Gasteiger partial charge in [-0.25, -0.2) is 0 Å². The maximum absolute atomic E-state index is 5.42. The van der Waals surface area contributed by atoms with Crippen molar-refractivity contribution in [2.75, 3.05) is 19.7 Å². The van der Waals surface area contributed by atoms with Gasteiger partial charge < -0.3 is 14.5 Å². The van der Waals surface area contributed by atoms with Crippen LogP contribution in [0.15, 0.2) is 4.42 Å². The molecule has 0 unspecified atom stereocenters. The summed E-state index contributed by atoms with van der Waals surface area (Å²) in [6.07, 6.45) is 2.92. The predicted octanol–water partition coefficient (Wildman–Crippen LogP) is 1.54. The first-order valence-electron chi connectivity index (χ1n) is 5.96. The summed E-state index contributed by atoms with van der Waals surface area (Å²) in [7, 11) is 0. The molecule has 0 aromatic carbocycles. The molecule has 0 spiro atoms. The minimum Gasteiger partial charge on any atom is -0.423 e. The van der Waals surface area contributed by atoms with Crippen LogP contribution in [0.1, 0.15) is 38.5 Å². The third-order valence-corrected chi connectivity index (χ3v) is 2.03. The summed E-state index contributed by atoms with van der Waals surface area (Å²) in [6, 6.07) is 0. The Kier molecular flexibility index (Phi) is 6.76. The summed E-state index contributed by atoms with van der Waals surface area (Å²) in [6.45, 7) is 7.27. The molecule has 1 aromatic rings. The molecule has 0 saturated carbocycles. The van der Waals surface area contributed by atoms with Crippen LogP contribution in [0.4, 0.5) is 0 Å². The summed E-state index contributed by atoms with van der Waals surface area (Å²) in [5.41, 5.74) is 0. The van der Waals surface area contributed by atoms with E-state index in [4.69, 9.17) is 9.15 Å². The maximum atomic E-state index is 5.42. The average Bonchev–Trinajstić information content (AvgIpc) is 2.73. The first-order valence-corrected chi connectivity index (χ1v) is 5.96. The molecule has 1 rings (SSSR count). The molecule has 1 aromatic heterocycles. The van der Waals surface area contributed by atoms with E-state index in [-0.39, 0.29) is 0 Å². The van der Waals surface area contributed by atoms with Gasteiger partial charge in [0.15, 0.2) is 0 Å². The number of hydrogen-bond donors (Lipinski definition) is 1. The molecule has 0 aliphatic carbocycles. The molecule has 1 N–H and O–H groups in total. The molecule has 5 nitrogen and oxygen atoms in total. The molecule has 0 amide bonds. The molecule has 0 aliphatic heterocycles. The molecule has 0 aliphatic rings. The summed E-state index contributed by atoms with van der Waals surface area (Å²) in [5.74, 6) is 1.25. The zero-order chi connectivity index (χ0) is 11.6. The van der Waals surface area contributed by atoms with Gasteiger partial charge in [0.1, 0.15) is 6.61 Å². The topological polar surface area (TPSA) is 60.2 Å². The number of ether oxygens (including phenoxy) is 1. The summed E-state index contributed by atoms with van der Waals surface area (Å²) >= 11 is 0. The van der Waals surface area contributed by atoms with Crippen molar-refractivity contribution in [1.29, 1.82) is 0 Å². The zero-order valence-corrected chi connectivity index (χ0v) is 10.2. The van der Waals surface area contributed by atoms with Crippen LogP contribution in [0.3, 0.4) is 0 Å². The van der Waals surface area contributed by atoms with Crippen LogP contribution >= 0.6 is 0 Å². The Morgan fingerprint density at radius 1 is 1.12 bits per heavy atom. The lowest BCUT2D eigenvalue weighted by atomic mass is 10.4. The van der Waals surface area contributed by atoms with Crippen molar-refractivity contribution < 1.29 is 9.15 Å². The van der Waals surface area contributed by atoms with Crippen LogP contribution in [-0.2, 0) is 17.8 Å². The van der Waals surface area contributed by atoms with Crippen molar-refractivity contribution in [2.45, 2.75) is 39.7 Å². The van der Waals surface area contributed by atoms with Crippen LogP contribution < -0.4 is 5.32 Å². The van der Waals surface area contributed by atoms with Crippen LogP contribution in [0.2, 0.25) is 0 Å².